The molecule has 146 valence electrons. The number of primary sulfonamides is 1. The Labute approximate surface area is 174 Å². The van der Waals surface area contributed by atoms with Crippen LogP contribution in [-0.2, 0) is 10.0 Å². The molecule has 0 aliphatic rings. The van der Waals surface area contributed by atoms with E-state index in [1.807, 2.05) is 49.4 Å². The number of aryl methyl sites for hydroxylation is 1. The van der Waals surface area contributed by atoms with Crippen LogP contribution < -0.4 is 5.14 Å². The summed E-state index contributed by atoms with van der Waals surface area (Å²) in [5, 5.41) is 10.8. The van der Waals surface area contributed by atoms with Crippen LogP contribution >= 0.6 is 11.6 Å². The lowest BCUT2D eigenvalue weighted by molar-refractivity contribution is 0.596. The number of hydrogen-bond donors (Lipinski definition) is 1. The fourth-order valence-corrected chi connectivity index (χ4v) is 3.97. The highest BCUT2D eigenvalue weighted by atomic mass is 35.5. The molecule has 0 aliphatic carbocycles. The van der Waals surface area contributed by atoms with Gasteiger partial charge in [-0.2, -0.15) is 5.10 Å². The van der Waals surface area contributed by atoms with E-state index in [-0.39, 0.29) is 4.90 Å². The fraction of sp³-hybridized carbons (Fsp3) is 0.0455. The standard InChI is InChI=1S/C22H18ClN3O2S/c1-15-6-8-16(9-7-15)19-14-21(17-10-12-18(23)13-11-17)26(25-19)20-4-2-3-5-22(20)29(24,27)28/h2-14H,1H3,(H2,24,27,28). The van der Waals surface area contributed by atoms with E-state index in [1.165, 1.54) is 6.07 Å². The lowest BCUT2D eigenvalue weighted by atomic mass is 10.1. The zero-order chi connectivity index (χ0) is 20.6. The first-order valence-electron chi connectivity index (χ1n) is 8.88. The van der Waals surface area contributed by atoms with Gasteiger partial charge in [0, 0.05) is 16.1 Å². The van der Waals surface area contributed by atoms with E-state index in [0.29, 0.717) is 10.7 Å². The highest BCUT2D eigenvalue weighted by Gasteiger charge is 2.20. The van der Waals surface area contributed by atoms with E-state index < -0.39 is 10.0 Å². The van der Waals surface area contributed by atoms with Gasteiger partial charge in [0.1, 0.15) is 4.90 Å². The van der Waals surface area contributed by atoms with E-state index in [1.54, 1.807) is 35.0 Å². The van der Waals surface area contributed by atoms with Gasteiger partial charge in [-0.1, -0.05) is 65.7 Å². The quantitative estimate of drug-likeness (QED) is 0.511. The van der Waals surface area contributed by atoms with Crippen LogP contribution in [0.25, 0.3) is 28.2 Å². The van der Waals surface area contributed by atoms with Crippen molar-refractivity contribution in [1.82, 2.24) is 9.78 Å². The van der Waals surface area contributed by atoms with Crippen molar-refractivity contribution < 1.29 is 8.42 Å². The molecule has 1 heterocycles. The highest BCUT2D eigenvalue weighted by molar-refractivity contribution is 7.89. The van der Waals surface area contributed by atoms with Crippen molar-refractivity contribution in [3.63, 3.8) is 0 Å². The van der Waals surface area contributed by atoms with Gasteiger partial charge in [0.25, 0.3) is 0 Å². The largest absolute Gasteiger partial charge is 0.240 e. The van der Waals surface area contributed by atoms with Gasteiger partial charge < -0.3 is 0 Å². The normalized spacial score (nSPS) is 11.6. The van der Waals surface area contributed by atoms with Crippen LogP contribution in [-0.4, -0.2) is 18.2 Å². The molecule has 0 aliphatic heterocycles. The SMILES string of the molecule is Cc1ccc(-c2cc(-c3ccc(Cl)cc3)n(-c3ccccc3S(N)(=O)=O)n2)cc1. The molecule has 7 heteroatoms. The topological polar surface area (TPSA) is 78.0 Å². The second-order valence-corrected chi connectivity index (χ2v) is 8.68. The van der Waals surface area contributed by atoms with Crippen molar-refractivity contribution in [2.24, 2.45) is 5.14 Å². The zero-order valence-corrected chi connectivity index (χ0v) is 17.2. The lowest BCUT2D eigenvalue weighted by Gasteiger charge is -2.11. The summed E-state index contributed by atoms with van der Waals surface area (Å²) < 4.78 is 25.9. The van der Waals surface area contributed by atoms with Crippen LogP contribution in [0, 0.1) is 6.92 Å². The number of rotatable bonds is 4. The first kappa shape index (κ1) is 19.4. The predicted molar refractivity (Wildman–Crippen MR) is 116 cm³/mol. The second kappa shape index (κ2) is 7.48. The van der Waals surface area contributed by atoms with Crippen LogP contribution in [0.2, 0.25) is 5.02 Å². The Balaban J connectivity index is 1.98. The Morgan fingerprint density at radius 3 is 2.17 bits per heavy atom. The maximum atomic E-state index is 12.2. The van der Waals surface area contributed by atoms with Gasteiger partial charge >= 0.3 is 0 Å². The van der Waals surface area contributed by atoms with Crippen LogP contribution in [0.3, 0.4) is 0 Å². The van der Waals surface area contributed by atoms with Gasteiger partial charge in [0.2, 0.25) is 10.0 Å². The summed E-state index contributed by atoms with van der Waals surface area (Å²) in [5.41, 5.74) is 4.76. The molecule has 0 saturated carbocycles. The molecular weight excluding hydrogens is 406 g/mol. The van der Waals surface area contributed by atoms with E-state index in [9.17, 15) is 8.42 Å². The molecule has 0 radical (unpaired) electrons. The lowest BCUT2D eigenvalue weighted by Crippen LogP contribution is -2.16. The van der Waals surface area contributed by atoms with Crippen molar-refractivity contribution in [1.29, 1.82) is 0 Å². The van der Waals surface area contributed by atoms with Crippen molar-refractivity contribution in [3.8, 4) is 28.2 Å². The summed E-state index contributed by atoms with van der Waals surface area (Å²) in [7, 11) is -3.93. The van der Waals surface area contributed by atoms with Gasteiger partial charge in [-0.25, -0.2) is 18.2 Å². The number of hydrogen-bond acceptors (Lipinski definition) is 3. The number of nitrogens with zero attached hydrogens (tertiary/aromatic N) is 2. The molecule has 0 amide bonds. The van der Waals surface area contributed by atoms with Crippen LogP contribution in [0.4, 0.5) is 0 Å². The third-order valence-electron chi connectivity index (χ3n) is 4.60. The molecule has 0 fully saturated rings. The summed E-state index contributed by atoms with van der Waals surface area (Å²) in [6.45, 7) is 2.02. The summed E-state index contributed by atoms with van der Waals surface area (Å²) in [6.07, 6.45) is 0. The third kappa shape index (κ3) is 3.96. The molecule has 0 unspecified atom stereocenters. The molecular formula is C22H18ClN3O2S. The van der Waals surface area contributed by atoms with E-state index in [2.05, 4.69) is 0 Å². The number of benzene rings is 3. The van der Waals surface area contributed by atoms with E-state index in [4.69, 9.17) is 21.8 Å². The maximum Gasteiger partial charge on any atom is 0.240 e. The number of para-hydroxylation sites is 1. The Hall–Kier alpha value is -2.93. The minimum atomic E-state index is -3.93. The minimum absolute atomic E-state index is 0.00812. The van der Waals surface area contributed by atoms with Crippen LogP contribution in [0.15, 0.2) is 83.8 Å². The maximum absolute atomic E-state index is 12.2. The van der Waals surface area contributed by atoms with Crippen molar-refractivity contribution in [2.45, 2.75) is 11.8 Å². The van der Waals surface area contributed by atoms with Gasteiger partial charge in [0.05, 0.1) is 17.1 Å². The molecule has 2 N–H and O–H groups in total. The number of aromatic nitrogens is 2. The summed E-state index contributed by atoms with van der Waals surface area (Å²) in [4.78, 5) is 0.00812. The Morgan fingerprint density at radius 1 is 0.897 bits per heavy atom. The molecule has 5 nitrogen and oxygen atoms in total. The molecule has 0 atom stereocenters. The number of nitrogens with two attached hydrogens (primary N) is 1. The molecule has 0 spiro atoms. The second-order valence-electron chi connectivity index (χ2n) is 6.71. The molecule has 1 aromatic heterocycles. The van der Waals surface area contributed by atoms with Crippen molar-refractivity contribution in [3.05, 3.63) is 89.4 Å². The summed E-state index contributed by atoms with van der Waals surface area (Å²) in [6, 6.07) is 23.8. The van der Waals surface area contributed by atoms with Crippen LogP contribution in [0.1, 0.15) is 5.56 Å². The van der Waals surface area contributed by atoms with Crippen molar-refractivity contribution >= 4 is 21.6 Å². The fourth-order valence-electron chi connectivity index (χ4n) is 3.13. The minimum Gasteiger partial charge on any atom is -0.231 e. The van der Waals surface area contributed by atoms with Gasteiger partial charge in [-0.3, -0.25) is 0 Å². The van der Waals surface area contributed by atoms with Crippen LogP contribution in [0.5, 0.6) is 0 Å². The molecule has 0 bridgehead atoms. The zero-order valence-electron chi connectivity index (χ0n) is 15.6. The first-order valence-corrected chi connectivity index (χ1v) is 10.8. The predicted octanol–water partition coefficient (Wildman–Crippen LogP) is 4.82. The summed E-state index contributed by atoms with van der Waals surface area (Å²) in [5.74, 6) is 0. The molecule has 29 heavy (non-hydrogen) atoms. The van der Waals surface area contributed by atoms with E-state index in [0.717, 1.165) is 28.1 Å². The Bertz CT molecular complexity index is 1280. The van der Waals surface area contributed by atoms with E-state index >= 15 is 0 Å². The van der Waals surface area contributed by atoms with Gasteiger partial charge in [-0.05, 0) is 37.3 Å². The first-order chi connectivity index (χ1) is 13.8. The van der Waals surface area contributed by atoms with Crippen molar-refractivity contribution in [2.75, 3.05) is 0 Å². The smallest absolute Gasteiger partial charge is 0.231 e. The van der Waals surface area contributed by atoms with Gasteiger partial charge in [-0.15, -0.1) is 0 Å². The third-order valence-corrected chi connectivity index (χ3v) is 5.81. The number of sulfonamides is 1. The molecule has 3 aromatic carbocycles. The monoisotopic (exact) mass is 423 g/mol. The van der Waals surface area contributed by atoms with Gasteiger partial charge in [0.15, 0.2) is 0 Å². The average molecular weight is 424 g/mol. The average Bonchev–Trinajstić information content (AvgIpc) is 3.14. The molecule has 4 aromatic rings. The Kier molecular flexibility index (Phi) is 5.00. The Morgan fingerprint density at radius 2 is 1.52 bits per heavy atom. The summed E-state index contributed by atoms with van der Waals surface area (Å²) >= 11 is 6.04. The number of halogens is 1. The highest BCUT2D eigenvalue weighted by Crippen LogP contribution is 2.31. The molecule has 4 rings (SSSR count). The molecule has 0 saturated heterocycles.